The number of ether oxygens (including phenoxy) is 3. The standard InChI is InChI=1S/C25H20Br2F3N3O6/c1-3-37-21-7-5-14(10-22(21)38-4-2)24(34)32-31-13-15-9-17(26)12-18(27)23(15)39-20-8-6-16(25(28,29)30)11-19(20)33(35)36/h5-13H,3-4H2,1-2H3,(H,32,34)/b31-13+. The lowest BCUT2D eigenvalue weighted by Gasteiger charge is -2.13. The van der Waals surface area contributed by atoms with Gasteiger partial charge in [-0.3, -0.25) is 14.9 Å². The average Bonchev–Trinajstić information content (AvgIpc) is 2.86. The van der Waals surface area contributed by atoms with Gasteiger partial charge in [-0.1, -0.05) is 15.9 Å². The number of nitrogens with one attached hydrogen (secondary N) is 1. The highest BCUT2D eigenvalue weighted by Gasteiger charge is 2.33. The molecule has 9 nitrogen and oxygen atoms in total. The Bertz CT molecular complexity index is 1420. The molecule has 0 unspecified atom stereocenters. The molecule has 3 aromatic rings. The Kier molecular flexibility index (Phi) is 9.92. The molecule has 1 N–H and O–H groups in total. The van der Waals surface area contributed by atoms with Gasteiger partial charge < -0.3 is 14.2 Å². The molecule has 0 aliphatic heterocycles. The van der Waals surface area contributed by atoms with Crippen molar-refractivity contribution in [1.82, 2.24) is 5.43 Å². The number of alkyl halides is 3. The first-order valence-corrected chi connectivity index (χ1v) is 12.8. The van der Waals surface area contributed by atoms with Crippen molar-refractivity contribution >= 4 is 49.7 Å². The molecule has 0 aliphatic carbocycles. The molecule has 3 rings (SSSR count). The second-order valence-electron chi connectivity index (χ2n) is 7.57. The number of benzene rings is 3. The number of hydrazone groups is 1. The summed E-state index contributed by atoms with van der Waals surface area (Å²) in [6, 6.07) is 9.67. The number of nitro groups is 1. The van der Waals surface area contributed by atoms with Crippen LogP contribution in [0.2, 0.25) is 0 Å². The van der Waals surface area contributed by atoms with Crippen LogP contribution < -0.4 is 19.6 Å². The van der Waals surface area contributed by atoms with Crippen LogP contribution in [-0.4, -0.2) is 30.3 Å². The minimum Gasteiger partial charge on any atom is -0.490 e. The fourth-order valence-corrected chi connectivity index (χ4v) is 4.57. The molecule has 0 saturated heterocycles. The molecule has 206 valence electrons. The molecular formula is C25H20Br2F3N3O6. The van der Waals surface area contributed by atoms with Crippen LogP contribution in [0.1, 0.15) is 35.3 Å². The summed E-state index contributed by atoms with van der Waals surface area (Å²) in [5.41, 5.74) is 0.781. The van der Waals surface area contributed by atoms with Gasteiger partial charge in [-0.15, -0.1) is 0 Å². The Morgan fingerprint density at radius 1 is 1.03 bits per heavy atom. The van der Waals surface area contributed by atoms with Crippen molar-refractivity contribution in [2.45, 2.75) is 20.0 Å². The van der Waals surface area contributed by atoms with Gasteiger partial charge in [-0.05, 0) is 72.2 Å². The first kappa shape index (κ1) is 29.9. The topological polar surface area (TPSA) is 112 Å². The molecule has 0 atom stereocenters. The van der Waals surface area contributed by atoms with E-state index < -0.39 is 34.0 Å². The van der Waals surface area contributed by atoms with Crippen molar-refractivity contribution in [3.05, 3.63) is 84.3 Å². The normalized spacial score (nSPS) is 11.4. The zero-order valence-electron chi connectivity index (χ0n) is 20.3. The highest BCUT2D eigenvalue weighted by atomic mass is 79.9. The van der Waals surface area contributed by atoms with Gasteiger partial charge >= 0.3 is 11.9 Å². The van der Waals surface area contributed by atoms with Crippen LogP contribution in [-0.2, 0) is 6.18 Å². The van der Waals surface area contributed by atoms with E-state index in [1.54, 1.807) is 19.1 Å². The van der Waals surface area contributed by atoms with E-state index in [2.05, 4.69) is 42.4 Å². The zero-order valence-corrected chi connectivity index (χ0v) is 23.5. The Labute approximate surface area is 237 Å². The Morgan fingerprint density at radius 2 is 1.69 bits per heavy atom. The minimum absolute atomic E-state index is 0.0127. The van der Waals surface area contributed by atoms with Gasteiger partial charge in [0.25, 0.3) is 5.91 Å². The monoisotopic (exact) mass is 673 g/mol. The number of carbonyl (C=O) groups excluding carboxylic acids is 1. The van der Waals surface area contributed by atoms with Crippen molar-refractivity contribution in [2.24, 2.45) is 5.10 Å². The van der Waals surface area contributed by atoms with Crippen LogP contribution in [0.15, 0.2) is 62.6 Å². The van der Waals surface area contributed by atoms with E-state index >= 15 is 0 Å². The van der Waals surface area contributed by atoms with E-state index in [9.17, 15) is 28.1 Å². The van der Waals surface area contributed by atoms with Crippen molar-refractivity contribution in [3.8, 4) is 23.0 Å². The number of nitro benzene ring substituents is 1. The number of halogens is 5. The van der Waals surface area contributed by atoms with E-state index in [0.717, 1.165) is 6.07 Å². The van der Waals surface area contributed by atoms with Crippen LogP contribution in [0.4, 0.5) is 18.9 Å². The number of hydrogen-bond donors (Lipinski definition) is 1. The van der Waals surface area contributed by atoms with Gasteiger partial charge in [0.1, 0.15) is 0 Å². The van der Waals surface area contributed by atoms with Crippen LogP contribution in [0.5, 0.6) is 23.0 Å². The number of amides is 1. The van der Waals surface area contributed by atoms with E-state index in [1.807, 2.05) is 6.92 Å². The maximum Gasteiger partial charge on any atom is 0.416 e. The largest absolute Gasteiger partial charge is 0.490 e. The van der Waals surface area contributed by atoms with Crippen molar-refractivity contribution in [1.29, 1.82) is 0 Å². The molecule has 0 aromatic heterocycles. The van der Waals surface area contributed by atoms with Gasteiger partial charge in [0, 0.05) is 21.7 Å². The molecule has 0 radical (unpaired) electrons. The number of nitrogens with zero attached hydrogens (tertiary/aromatic N) is 2. The summed E-state index contributed by atoms with van der Waals surface area (Å²) in [5, 5.41) is 15.4. The molecule has 0 bridgehead atoms. The summed E-state index contributed by atoms with van der Waals surface area (Å²) >= 11 is 6.59. The summed E-state index contributed by atoms with van der Waals surface area (Å²) in [4.78, 5) is 23.2. The van der Waals surface area contributed by atoms with Gasteiger partial charge in [0.05, 0.1) is 34.4 Å². The lowest BCUT2D eigenvalue weighted by molar-refractivity contribution is -0.385. The van der Waals surface area contributed by atoms with Gasteiger partial charge in [0.2, 0.25) is 5.75 Å². The number of hydrogen-bond acceptors (Lipinski definition) is 7. The first-order chi connectivity index (χ1) is 18.4. The number of rotatable bonds is 10. The minimum atomic E-state index is -4.77. The first-order valence-electron chi connectivity index (χ1n) is 11.2. The van der Waals surface area contributed by atoms with Gasteiger partial charge in [-0.25, -0.2) is 5.43 Å². The lowest BCUT2D eigenvalue weighted by Crippen LogP contribution is -2.18. The molecule has 0 heterocycles. The van der Waals surface area contributed by atoms with Crippen LogP contribution in [0.25, 0.3) is 0 Å². The van der Waals surface area contributed by atoms with Crippen molar-refractivity contribution in [2.75, 3.05) is 13.2 Å². The predicted molar refractivity (Wildman–Crippen MR) is 144 cm³/mol. The quantitative estimate of drug-likeness (QED) is 0.135. The third-order valence-corrected chi connectivity index (χ3v) is 5.95. The van der Waals surface area contributed by atoms with Crippen LogP contribution >= 0.6 is 31.9 Å². The fourth-order valence-electron chi connectivity index (χ4n) is 3.23. The van der Waals surface area contributed by atoms with E-state index in [-0.39, 0.29) is 16.9 Å². The summed E-state index contributed by atoms with van der Waals surface area (Å²) in [6.07, 6.45) is -3.55. The molecular weight excluding hydrogens is 655 g/mol. The average molecular weight is 675 g/mol. The zero-order chi connectivity index (χ0) is 28.7. The second kappa shape index (κ2) is 12.9. The van der Waals surface area contributed by atoms with E-state index in [4.69, 9.17) is 14.2 Å². The van der Waals surface area contributed by atoms with E-state index in [0.29, 0.717) is 45.8 Å². The van der Waals surface area contributed by atoms with Gasteiger partial charge in [0.15, 0.2) is 17.2 Å². The maximum absolute atomic E-state index is 13.1. The molecule has 0 spiro atoms. The molecule has 1 amide bonds. The lowest BCUT2D eigenvalue weighted by atomic mass is 10.1. The summed E-state index contributed by atoms with van der Waals surface area (Å²) in [6.45, 7) is 4.39. The second-order valence-corrected chi connectivity index (χ2v) is 9.34. The van der Waals surface area contributed by atoms with E-state index in [1.165, 1.54) is 24.4 Å². The molecule has 0 aliphatic rings. The van der Waals surface area contributed by atoms with Gasteiger partial charge in [-0.2, -0.15) is 18.3 Å². The smallest absolute Gasteiger partial charge is 0.416 e. The SMILES string of the molecule is CCOc1ccc(C(=O)N/N=C/c2cc(Br)cc(Br)c2Oc2ccc(C(F)(F)F)cc2[N+](=O)[O-])cc1OCC. The fraction of sp³-hybridized carbons (Fsp3) is 0.200. The summed E-state index contributed by atoms with van der Waals surface area (Å²) < 4.78 is 56.7. The molecule has 0 fully saturated rings. The molecule has 3 aromatic carbocycles. The Hall–Kier alpha value is -3.65. The molecule has 14 heteroatoms. The highest BCUT2D eigenvalue weighted by molar-refractivity contribution is 9.11. The molecule has 0 saturated carbocycles. The van der Waals surface area contributed by atoms with Crippen molar-refractivity contribution in [3.63, 3.8) is 0 Å². The molecule has 39 heavy (non-hydrogen) atoms. The highest BCUT2D eigenvalue weighted by Crippen LogP contribution is 2.41. The van der Waals surface area contributed by atoms with Crippen LogP contribution in [0, 0.1) is 10.1 Å². The van der Waals surface area contributed by atoms with Crippen LogP contribution in [0.3, 0.4) is 0 Å². The number of carbonyl (C=O) groups is 1. The van der Waals surface area contributed by atoms with Crippen molar-refractivity contribution < 1.29 is 37.1 Å². The third-order valence-electron chi connectivity index (χ3n) is 4.91. The Morgan fingerprint density at radius 3 is 2.33 bits per heavy atom. The maximum atomic E-state index is 13.1. The summed E-state index contributed by atoms with van der Waals surface area (Å²) in [5.74, 6) is -0.102. The third kappa shape index (κ3) is 7.69. The Balaban J connectivity index is 1.89. The summed E-state index contributed by atoms with van der Waals surface area (Å²) in [7, 11) is 0. The predicted octanol–water partition coefficient (Wildman–Crippen LogP) is 7.49.